The quantitative estimate of drug-likeness (QED) is 0.422. The number of nitrogens with one attached hydrogen (secondary N) is 1. The monoisotopic (exact) mass is 511 g/mol. The number of ether oxygens (including phenoxy) is 3. The summed E-state index contributed by atoms with van der Waals surface area (Å²) in [6.45, 7) is 0.363. The molecule has 4 aromatic rings. The molecule has 1 aromatic heterocycles. The molecule has 0 radical (unpaired) electrons. The number of amides is 2. The summed E-state index contributed by atoms with van der Waals surface area (Å²) >= 11 is 0. The van der Waals surface area contributed by atoms with Gasteiger partial charge in [0.05, 0.1) is 21.3 Å². The van der Waals surface area contributed by atoms with E-state index in [9.17, 15) is 9.59 Å². The molecule has 2 aliphatic heterocycles. The first-order chi connectivity index (χ1) is 18.5. The maximum Gasteiger partial charge on any atom is 0.246 e. The van der Waals surface area contributed by atoms with Crippen molar-refractivity contribution in [3.8, 4) is 17.2 Å². The Morgan fingerprint density at radius 1 is 0.895 bits per heavy atom. The van der Waals surface area contributed by atoms with Crippen molar-refractivity contribution in [1.29, 1.82) is 0 Å². The lowest BCUT2D eigenvalue weighted by Gasteiger charge is -2.47. The van der Waals surface area contributed by atoms with Crippen molar-refractivity contribution in [3.05, 3.63) is 89.1 Å². The molecule has 3 aromatic carbocycles. The fraction of sp³-hybridized carbons (Fsp3) is 0.267. The van der Waals surface area contributed by atoms with Crippen molar-refractivity contribution in [3.63, 3.8) is 0 Å². The molecule has 0 spiro atoms. The number of aromatic nitrogens is 1. The number of nitrogens with zero attached hydrogens (tertiary/aromatic N) is 2. The van der Waals surface area contributed by atoms with Crippen molar-refractivity contribution in [2.24, 2.45) is 0 Å². The van der Waals surface area contributed by atoms with E-state index in [1.165, 1.54) is 0 Å². The van der Waals surface area contributed by atoms with E-state index in [1.807, 2.05) is 60.7 Å². The highest BCUT2D eigenvalue weighted by Gasteiger charge is 2.48. The number of hydrogen-bond donors (Lipinski definition) is 1. The van der Waals surface area contributed by atoms with E-state index in [2.05, 4.69) is 11.1 Å². The molecule has 0 saturated carbocycles. The van der Waals surface area contributed by atoms with E-state index in [0.717, 1.165) is 39.0 Å². The molecular weight excluding hydrogens is 482 g/mol. The van der Waals surface area contributed by atoms with Crippen LogP contribution in [-0.4, -0.2) is 60.5 Å². The molecule has 1 unspecified atom stereocenters. The molecule has 2 aliphatic rings. The smallest absolute Gasteiger partial charge is 0.246 e. The van der Waals surface area contributed by atoms with Gasteiger partial charge >= 0.3 is 0 Å². The van der Waals surface area contributed by atoms with Crippen molar-refractivity contribution in [2.45, 2.75) is 25.0 Å². The van der Waals surface area contributed by atoms with Gasteiger partial charge in [0.1, 0.15) is 35.9 Å². The third kappa shape index (κ3) is 3.84. The van der Waals surface area contributed by atoms with Crippen LogP contribution in [0, 0.1) is 0 Å². The number of H-pyrrole nitrogens is 1. The van der Waals surface area contributed by atoms with Gasteiger partial charge in [0.15, 0.2) is 0 Å². The fourth-order valence-electron chi connectivity index (χ4n) is 5.78. The Morgan fingerprint density at radius 2 is 1.63 bits per heavy atom. The van der Waals surface area contributed by atoms with Gasteiger partial charge in [0, 0.05) is 41.2 Å². The molecule has 6 rings (SSSR count). The van der Waals surface area contributed by atoms with Crippen LogP contribution < -0.4 is 14.2 Å². The van der Waals surface area contributed by atoms with Gasteiger partial charge in [0.2, 0.25) is 11.8 Å². The Morgan fingerprint density at radius 3 is 2.37 bits per heavy atom. The standard InChI is InChI=1S/C30H29N3O5/c1-36-19-10-8-18(9-11-19)16-32-17-27(34)33-25(30(32)35)15-23-21-6-4-5-7-24(21)31-28(23)29(33)22-13-12-20(37-2)14-26(22)38-3/h4-14,25,29,31H,15-17H2,1-3H3/t25-,29?/m0/s1. The molecule has 2 atom stereocenters. The largest absolute Gasteiger partial charge is 0.497 e. The minimum Gasteiger partial charge on any atom is -0.497 e. The summed E-state index contributed by atoms with van der Waals surface area (Å²) in [4.78, 5) is 34.8. The Bertz CT molecular complexity index is 1530. The van der Waals surface area contributed by atoms with Crippen molar-refractivity contribution >= 4 is 22.7 Å². The minimum atomic E-state index is -0.627. The molecule has 1 saturated heterocycles. The topological polar surface area (TPSA) is 84.1 Å². The van der Waals surface area contributed by atoms with Gasteiger partial charge in [-0.3, -0.25) is 9.59 Å². The second-order valence-electron chi connectivity index (χ2n) is 9.64. The molecule has 0 aliphatic carbocycles. The van der Waals surface area contributed by atoms with Gasteiger partial charge in [-0.25, -0.2) is 0 Å². The van der Waals surface area contributed by atoms with Crippen molar-refractivity contribution < 1.29 is 23.8 Å². The van der Waals surface area contributed by atoms with Crippen molar-refractivity contribution in [1.82, 2.24) is 14.8 Å². The fourth-order valence-corrected chi connectivity index (χ4v) is 5.78. The highest BCUT2D eigenvalue weighted by Crippen LogP contribution is 2.45. The predicted molar refractivity (Wildman–Crippen MR) is 142 cm³/mol. The highest BCUT2D eigenvalue weighted by molar-refractivity contribution is 5.97. The third-order valence-corrected chi connectivity index (χ3v) is 7.61. The summed E-state index contributed by atoms with van der Waals surface area (Å²) in [5, 5.41) is 1.06. The average molecular weight is 512 g/mol. The molecule has 1 fully saturated rings. The Kier molecular flexibility index (Phi) is 5.94. The Balaban J connectivity index is 1.44. The van der Waals surface area contributed by atoms with E-state index in [4.69, 9.17) is 14.2 Å². The lowest BCUT2D eigenvalue weighted by molar-refractivity contribution is -0.159. The molecule has 8 nitrogen and oxygen atoms in total. The number of aromatic amines is 1. The molecule has 38 heavy (non-hydrogen) atoms. The number of fused-ring (bicyclic) bond motifs is 4. The van der Waals surface area contributed by atoms with Gasteiger partial charge in [-0.15, -0.1) is 0 Å². The number of benzene rings is 3. The number of carbonyl (C=O) groups is 2. The number of hydrogen-bond acceptors (Lipinski definition) is 5. The minimum absolute atomic E-state index is 0.00585. The summed E-state index contributed by atoms with van der Waals surface area (Å²) < 4.78 is 16.4. The zero-order chi connectivity index (χ0) is 26.4. The Hall–Kier alpha value is -4.46. The van der Waals surface area contributed by atoms with Crippen LogP contribution in [0.1, 0.15) is 28.4 Å². The van der Waals surface area contributed by atoms with Crippen LogP contribution in [0.2, 0.25) is 0 Å². The van der Waals surface area contributed by atoms with E-state index in [0.29, 0.717) is 24.5 Å². The van der Waals surface area contributed by atoms with Crippen LogP contribution in [0.3, 0.4) is 0 Å². The van der Waals surface area contributed by atoms with Gasteiger partial charge in [-0.1, -0.05) is 30.3 Å². The van der Waals surface area contributed by atoms with Crippen LogP contribution >= 0.6 is 0 Å². The van der Waals surface area contributed by atoms with Crippen LogP contribution in [-0.2, 0) is 22.6 Å². The molecule has 3 heterocycles. The van der Waals surface area contributed by atoms with Gasteiger partial charge in [0.25, 0.3) is 0 Å². The van der Waals surface area contributed by atoms with E-state index in [1.54, 1.807) is 31.1 Å². The first kappa shape index (κ1) is 23.9. The normalized spacial score (nSPS) is 18.8. The average Bonchev–Trinajstić information content (AvgIpc) is 3.33. The molecular formula is C30H29N3O5. The summed E-state index contributed by atoms with van der Waals surface area (Å²) in [6, 6.07) is 20.1. The third-order valence-electron chi connectivity index (χ3n) is 7.61. The number of carbonyl (C=O) groups excluding carboxylic acids is 2. The second-order valence-corrected chi connectivity index (χ2v) is 9.64. The number of piperazine rings is 1. The zero-order valence-corrected chi connectivity index (χ0v) is 21.6. The van der Waals surface area contributed by atoms with Crippen molar-refractivity contribution in [2.75, 3.05) is 27.9 Å². The summed E-state index contributed by atoms with van der Waals surface area (Å²) in [7, 11) is 4.82. The number of rotatable bonds is 6. The van der Waals surface area contributed by atoms with Crippen LogP contribution in [0.15, 0.2) is 66.7 Å². The number of para-hydroxylation sites is 1. The van der Waals surface area contributed by atoms with E-state index >= 15 is 0 Å². The van der Waals surface area contributed by atoms with E-state index in [-0.39, 0.29) is 18.4 Å². The number of methoxy groups -OCH3 is 3. The Labute approximate surface area is 220 Å². The van der Waals surface area contributed by atoms with Gasteiger partial charge < -0.3 is 29.0 Å². The first-order valence-corrected chi connectivity index (χ1v) is 12.6. The molecule has 8 heteroatoms. The molecule has 194 valence electrons. The maximum absolute atomic E-state index is 14.0. The van der Waals surface area contributed by atoms with Gasteiger partial charge in [-0.05, 0) is 41.5 Å². The van der Waals surface area contributed by atoms with Crippen LogP contribution in [0.25, 0.3) is 10.9 Å². The lowest BCUT2D eigenvalue weighted by Crippen LogP contribution is -2.62. The predicted octanol–water partition coefficient (Wildman–Crippen LogP) is 4.08. The zero-order valence-electron chi connectivity index (χ0n) is 21.6. The van der Waals surface area contributed by atoms with Crippen LogP contribution in [0.5, 0.6) is 17.2 Å². The van der Waals surface area contributed by atoms with Crippen LogP contribution in [0.4, 0.5) is 0 Å². The summed E-state index contributed by atoms with van der Waals surface area (Å²) in [6.07, 6.45) is 0.442. The molecule has 2 amide bonds. The first-order valence-electron chi connectivity index (χ1n) is 12.6. The van der Waals surface area contributed by atoms with Gasteiger partial charge in [-0.2, -0.15) is 0 Å². The maximum atomic E-state index is 14.0. The summed E-state index contributed by atoms with van der Waals surface area (Å²) in [5.41, 5.74) is 4.69. The second kappa shape index (κ2) is 9.45. The lowest BCUT2D eigenvalue weighted by atomic mass is 9.85. The SMILES string of the molecule is COc1ccc(CN2CC(=O)N3C(c4ccc(OC)cc4OC)c4[nH]c5ccccc5c4C[C@H]3C2=O)cc1. The molecule has 1 N–H and O–H groups in total. The highest BCUT2D eigenvalue weighted by atomic mass is 16.5. The molecule has 0 bridgehead atoms. The summed E-state index contributed by atoms with van der Waals surface area (Å²) in [5.74, 6) is 1.84. The van der Waals surface area contributed by atoms with E-state index < -0.39 is 12.1 Å².